The van der Waals surface area contributed by atoms with Gasteiger partial charge in [0, 0.05) is 15.8 Å². The molecule has 1 aliphatic heterocycles. The Morgan fingerprint density at radius 1 is 1.35 bits per heavy atom. The number of nitrogens with two attached hydrogens (primary N) is 1. The average molecular weight is 287 g/mol. The van der Waals surface area contributed by atoms with Crippen molar-refractivity contribution in [3.05, 3.63) is 56.8 Å². The molecule has 0 saturated carbocycles. The van der Waals surface area contributed by atoms with Gasteiger partial charge < -0.3 is 10.5 Å². The lowest BCUT2D eigenvalue weighted by Crippen LogP contribution is -2.21. The summed E-state index contributed by atoms with van der Waals surface area (Å²) < 4.78 is 5.96. The Bertz CT molecular complexity index is 585. The predicted molar refractivity (Wildman–Crippen MR) is 84.2 cm³/mol. The fourth-order valence-corrected chi connectivity index (χ4v) is 3.86. The Kier molecular flexibility index (Phi) is 3.92. The molecule has 2 N–H and O–H groups in total. The summed E-state index contributed by atoms with van der Waals surface area (Å²) in [5.74, 6) is 0. The summed E-state index contributed by atoms with van der Waals surface area (Å²) in [6, 6.07) is 10.9. The summed E-state index contributed by atoms with van der Waals surface area (Å²) in [7, 11) is 0. The molecular weight excluding hydrogens is 266 g/mol. The molecule has 3 heteroatoms. The molecule has 0 radical (unpaired) electrons. The van der Waals surface area contributed by atoms with E-state index >= 15 is 0 Å². The third kappa shape index (κ3) is 2.66. The highest BCUT2D eigenvalue weighted by Gasteiger charge is 2.24. The fraction of sp³-hybridized carbons (Fsp3) is 0.412. The van der Waals surface area contributed by atoms with Crippen molar-refractivity contribution in [3.63, 3.8) is 0 Å². The van der Waals surface area contributed by atoms with Gasteiger partial charge in [0.2, 0.25) is 0 Å². The molecule has 20 heavy (non-hydrogen) atoms. The van der Waals surface area contributed by atoms with Crippen LogP contribution in [0, 0.1) is 13.8 Å². The van der Waals surface area contributed by atoms with Crippen LogP contribution in [0.1, 0.15) is 45.0 Å². The first kappa shape index (κ1) is 13.8. The minimum Gasteiger partial charge on any atom is -0.373 e. The molecule has 1 aromatic heterocycles. The molecule has 0 fully saturated rings. The molecule has 1 aliphatic rings. The predicted octanol–water partition coefficient (Wildman–Crippen LogP) is 4.07. The van der Waals surface area contributed by atoms with Gasteiger partial charge in [-0.3, -0.25) is 0 Å². The highest BCUT2D eigenvalue weighted by atomic mass is 32.1. The number of hydrogen-bond acceptors (Lipinski definition) is 3. The second kappa shape index (κ2) is 5.68. The molecule has 0 aliphatic carbocycles. The smallest absolute Gasteiger partial charge is 0.0846 e. The van der Waals surface area contributed by atoms with Crippen LogP contribution in [-0.4, -0.2) is 6.61 Å². The highest BCUT2D eigenvalue weighted by molar-refractivity contribution is 7.12. The quantitative estimate of drug-likeness (QED) is 0.923. The van der Waals surface area contributed by atoms with Gasteiger partial charge in [-0.05, 0) is 49.4 Å². The van der Waals surface area contributed by atoms with Gasteiger partial charge in [0.05, 0.1) is 12.7 Å². The van der Waals surface area contributed by atoms with Crippen LogP contribution in [0.5, 0.6) is 0 Å². The van der Waals surface area contributed by atoms with E-state index in [9.17, 15) is 0 Å². The lowest BCUT2D eigenvalue weighted by Gasteiger charge is -2.27. The van der Waals surface area contributed by atoms with Crippen molar-refractivity contribution >= 4 is 11.3 Å². The first-order chi connectivity index (χ1) is 9.65. The molecule has 0 amide bonds. The number of ether oxygens (including phenoxy) is 1. The van der Waals surface area contributed by atoms with Crippen LogP contribution >= 0.6 is 11.3 Å². The van der Waals surface area contributed by atoms with Gasteiger partial charge in [-0.1, -0.05) is 24.3 Å². The van der Waals surface area contributed by atoms with Gasteiger partial charge >= 0.3 is 0 Å². The van der Waals surface area contributed by atoms with E-state index in [1.807, 2.05) is 11.3 Å². The van der Waals surface area contributed by atoms with E-state index < -0.39 is 0 Å². The Morgan fingerprint density at radius 2 is 2.15 bits per heavy atom. The van der Waals surface area contributed by atoms with Crippen LogP contribution in [0.25, 0.3) is 0 Å². The normalized spacial score (nSPS) is 19.6. The van der Waals surface area contributed by atoms with Crippen LogP contribution in [0.2, 0.25) is 0 Å². The number of rotatable bonds is 3. The van der Waals surface area contributed by atoms with Crippen LogP contribution in [-0.2, 0) is 11.2 Å². The monoisotopic (exact) mass is 287 g/mol. The lowest BCUT2D eigenvalue weighted by atomic mass is 9.93. The molecule has 2 unspecified atom stereocenters. The second-order valence-electron chi connectivity index (χ2n) is 5.54. The van der Waals surface area contributed by atoms with E-state index in [4.69, 9.17) is 10.5 Å². The van der Waals surface area contributed by atoms with Gasteiger partial charge in [-0.15, -0.1) is 11.3 Å². The fourth-order valence-electron chi connectivity index (χ4n) is 2.80. The summed E-state index contributed by atoms with van der Waals surface area (Å²) in [4.78, 5) is 2.63. The van der Waals surface area contributed by atoms with Crippen LogP contribution in [0.4, 0.5) is 0 Å². The molecule has 0 bridgehead atoms. The minimum absolute atomic E-state index is 0.0588. The van der Waals surface area contributed by atoms with Crippen molar-refractivity contribution < 1.29 is 4.74 Å². The zero-order valence-corrected chi connectivity index (χ0v) is 12.9. The molecule has 0 saturated heterocycles. The van der Waals surface area contributed by atoms with Crippen LogP contribution in [0.3, 0.4) is 0 Å². The third-order valence-corrected chi connectivity index (χ3v) is 5.40. The molecule has 3 rings (SSSR count). The van der Waals surface area contributed by atoms with Crippen LogP contribution in [0.15, 0.2) is 30.3 Å². The van der Waals surface area contributed by atoms with Gasteiger partial charge in [0.1, 0.15) is 0 Å². The van der Waals surface area contributed by atoms with Crippen molar-refractivity contribution in [2.24, 2.45) is 5.73 Å². The zero-order valence-electron chi connectivity index (χ0n) is 12.1. The summed E-state index contributed by atoms with van der Waals surface area (Å²) >= 11 is 1.81. The molecule has 0 spiro atoms. The maximum absolute atomic E-state index is 6.40. The number of thiophene rings is 1. The van der Waals surface area contributed by atoms with E-state index in [0.29, 0.717) is 0 Å². The first-order valence-electron chi connectivity index (χ1n) is 7.17. The SMILES string of the molecule is Cc1cc(C(N)CC2OCCc3ccccc32)sc1C. The van der Waals surface area contributed by atoms with Gasteiger partial charge in [0.15, 0.2) is 0 Å². The molecule has 2 atom stereocenters. The lowest BCUT2D eigenvalue weighted by molar-refractivity contribution is 0.0322. The minimum atomic E-state index is 0.0588. The molecule has 2 aromatic rings. The Labute approximate surface area is 124 Å². The standard InChI is InChI=1S/C17H21NOS/c1-11-9-17(20-12(11)2)15(18)10-16-14-6-4-3-5-13(14)7-8-19-16/h3-6,9,15-16H,7-8,10,18H2,1-2H3. The molecule has 1 aromatic carbocycles. The van der Waals surface area contributed by atoms with Gasteiger partial charge in [-0.25, -0.2) is 0 Å². The van der Waals surface area contributed by atoms with Crippen molar-refractivity contribution in [3.8, 4) is 0 Å². The summed E-state index contributed by atoms with van der Waals surface area (Å²) in [5.41, 5.74) is 10.5. The van der Waals surface area contributed by atoms with E-state index in [2.05, 4.69) is 44.2 Å². The molecule has 106 valence electrons. The van der Waals surface area contributed by atoms with Crippen molar-refractivity contribution in [1.82, 2.24) is 0 Å². The summed E-state index contributed by atoms with van der Waals surface area (Å²) in [6.07, 6.45) is 2.01. The Morgan fingerprint density at radius 3 is 2.90 bits per heavy atom. The Hall–Kier alpha value is -1.16. The number of aryl methyl sites for hydroxylation is 2. The van der Waals surface area contributed by atoms with Crippen molar-refractivity contribution in [2.75, 3.05) is 6.61 Å². The van der Waals surface area contributed by atoms with Gasteiger partial charge in [0.25, 0.3) is 0 Å². The second-order valence-corrected chi connectivity index (χ2v) is 6.83. The van der Waals surface area contributed by atoms with Crippen LogP contribution < -0.4 is 5.73 Å². The number of hydrogen-bond donors (Lipinski definition) is 1. The van der Waals surface area contributed by atoms with E-state index in [-0.39, 0.29) is 12.1 Å². The van der Waals surface area contributed by atoms with E-state index in [1.54, 1.807) is 0 Å². The molecule has 2 heterocycles. The van der Waals surface area contributed by atoms with Crippen molar-refractivity contribution in [1.29, 1.82) is 0 Å². The maximum Gasteiger partial charge on any atom is 0.0846 e. The van der Waals surface area contributed by atoms with E-state index in [0.717, 1.165) is 19.4 Å². The zero-order chi connectivity index (χ0) is 14.1. The highest BCUT2D eigenvalue weighted by Crippen LogP contribution is 2.35. The largest absolute Gasteiger partial charge is 0.373 e. The van der Waals surface area contributed by atoms with E-state index in [1.165, 1.54) is 26.4 Å². The summed E-state index contributed by atoms with van der Waals surface area (Å²) in [5, 5.41) is 0. The summed E-state index contributed by atoms with van der Waals surface area (Å²) in [6.45, 7) is 5.11. The molecule has 2 nitrogen and oxygen atoms in total. The van der Waals surface area contributed by atoms with Gasteiger partial charge in [-0.2, -0.15) is 0 Å². The van der Waals surface area contributed by atoms with Crippen molar-refractivity contribution in [2.45, 2.75) is 38.8 Å². The third-order valence-electron chi connectivity index (χ3n) is 4.11. The average Bonchev–Trinajstić information content (AvgIpc) is 2.79. The first-order valence-corrected chi connectivity index (χ1v) is 7.98. The Balaban J connectivity index is 1.78. The maximum atomic E-state index is 6.40. The molecular formula is C17H21NOS. The number of fused-ring (bicyclic) bond motifs is 1. The number of benzene rings is 1. The topological polar surface area (TPSA) is 35.2 Å².